The zero-order valence-electron chi connectivity index (χ0n) is 23.6. The molecule has 3 heterocycles. The van der Waals surface area contributed by atoms with E-state index in [1.54, 1.807) is 7.11 Å². The minimum atomic E-state index is -0.338. The number of fused-ring (bicyclic) bond motifs is 10. The van der Waals surface area contributed by atoms with Crippen molar-refractivity contribution in [3.8, 4) is 5.75 Å². The number of amides is 2. The highest BCUT2D eigenvalue weighted by Crippen LogP contribution is 2.47. The molecule has 2 aromatic heterocycles. The van der Waals surface area contributed by atoms with Crippen LogP contribution in [0.15, 0.2) is 84.9 Å². The van der Waals surface area contributed by atoms with Gasteiger partial charge in [0.2, 0.25) is 0 Å². The van der Waals surface area contributed by atoms with Crippen LogP contribution in [0.25, 0.3) is 43.6 Å². The molecule has 1 N–H and O–H groups in total. The monoisotopic (exact) mass is 569 g/mol. The second kappa shape index (κ2) is 9.32. The summed E-state index contributed by atoms with van der Waals surface area (Å²) in [6, 6.07) is 23.1. The van der Waals surface area contributed by atoms with E-state index in [1.165, 1.54) is 11.8 Å². The molecule has 0 saturated carbocycles. The summed E-state index contributed by atoms with van der Waals surface area (Å²) >= 11 is 0. The number of aromatic amines is 1. The topological polar surface area (TPSA) is 93.6 Å². The molecule has 6 aromatic rings. The van der Waals surface area contributed by atoms with E-state index in [1.807, 2.05) is 78.9 Å². The van der Waals surface area contributed by atoms with E-state index in [4.69, 9.17) is 9.47 Å². The standard InChI is InChI=1S/C35H27N3O5/c1-19(39)43-23-16-13-21(17-23)38-27-10-6-4-8-25(27)29-31-30(28-24-7-3-5-9-26(24)36-32(28)33(29)38)34(40)37(35(31)41)18-20-11-14-22(42-2)15-12-20/h3-16,21,23,36H,17-18H2,1-2H3/t21?,23-/m0/s1. The lowest BCUT2D eigenvalue weighted by atomic mass is 9.96. The van der Waals surface area contributed by atoms with Crippen LogP contribution in [0, 0.1) is 0 Å². The summed E-state index contributed by atoms with van der Waals surface area (Å²) in [5.41, 5.74) is 5.19. The normalized spacial score (nSPS) is 18.0. The van der Waals surface area contributed by atoms with Crippen molar-refractivity contribution in [1.82, 2.24) is 14.5 Å². The zero-order chi connectivity index (χ0) is 29.4. The number of nitrogens with zero attached hydrogens (tertiary/aromatic N) is 2. The number of hydrogen-bond acceptors (Lipinski definition) is 5. The third-order valence-corrected chi connectivity index (χ3v) is 8.69. The Kier molecular flexibility index (Phi) is 5.50. The minimum Gasteiger partial charge on any atom is -0.497 e. The quantitative estimate of drug-likeness (QED) is 0.142. The van der Waals surface area contributed by atoms with Gasteiger partial charge in [0.05, 0.1) is 41.9 Å². The van der Waals surface area contributed by atoms with Gasteiger partial charge in [0, 0.05) is 45.9 Å². The molecule has 0 radical (unpaired) electrons. The number of benzene rings is 4. The molecule has 0 saturated heterocycles. The number of aromatic nitrogens is 2. The van der Waals surface area contributed by atoms with Gasteiger partial charge in [0.15, 0.2) is 0 Å². The number of H-pyrrole nitrogens is 1. The number of carbonyl (C=O) groups excluding carboxylic acids is 3. The molecule has 43 heavy (non-hydrogen) atoms. The van der Waals surface area contributed by atoms with Crippen molar-refractivity contribution < 1.29 is 23.9 Å². The van der Waals surface area contributed by atoms with Gasteiger partial charge in [-0.25, -0.2) is 0 Å². The molecule has 0 bridgehead atoms. The molecule has 1 aliphatic carbocycles. The predicted molar refractivity (Wildman–Crippen MR) is 164 cm³/mol. The molecule has 212 valence electrons. The van der Waals surface area contributed by atoms with Crippen LogP contribution in [-0.2, 0) is 16.1 Å². The van der Waals surface area contributed by atoms with Gasteiger partial charge in [-0.1, -0.05) is 54.6 Å². The second-order valence-corrected chi connectivity index (χ2v) is 11.2. The molecule has 2 amide bonds. The minimum absolute atomic E-state index is 0.123. The highest BCUT2D eigenvalue weighted by atomic mass is 16.5. The van der Waals surface area contributed by atoms with Crippen LogP contribution >= 0.6 is 0 Å². The number of methoxy groups -OCH3 is 1. The fourth-order valence-corrected chi connectivity index (χ4v) is 6.92. The summed E-state index contributed by atoms with van der Waals surface area (Å²) in [7, 11) is 1.60. The predicted octanol–water partition coefficient (Wildman–Crippen LogP) is 6.67. The van der Waals surface area contributed by atoms with Crippen molar-refractivity contribution in [1.29, 1.82) is 0 Å². The van der Waals surface area contributed by atoms with E-state index in [0.717, 1.165) is 49.2 Å². The largest absolute Gasteiger partial charge is 0.497 e. The average molecular weight is 570 g/mol. The average Bonchev–Trinajstić information content (AvgIpc) is 3.76. The lowest BCUT2D eigenvalue weighted by molar-refractivity contribution is -0.144. The first-order valence-corrected chi connectivity index (χ1v) is 14.3. The fraction of sp³-hybridized carbons (Fsp3) is 0.171. The Hall–Kier alpha value is -5.37. The van der Waals surface area contributed by atoms with Crippen LogP contribution in [0.5, 0.6) is 5.75 Å². The van der Waals surface area contributed by atoms with Gasteiger partial charge in [-0.2, -0.15) is 0 Å². The highest BCUT2D eigenvalue weighted by Gasteiger charge is 2.42. The molecule has 8 rings (SSSR count). The molecule has 4 aromatic carbocycles. The Morgan fingerprint density at radius 2 is 1.58 bits per heavy atom. The summed E-state index contributed by atoms with van der Waals surface area (Å²) in [4.78, 5) is 45.4. The third-order valence-electron chi connectivity index (χ3n) is 8.69. The number of para-hydroxylation sites is 2. The number of carbonyl (C=O) groups is 3. The molecule has 1 aliphatic heterocycles. The van der Waals surface area contributed by atoms with E-state index in [2.05, 4.69) is 15.6 Å². The molecular weight excluding hydrogens is 542 g/mol. The van der Waals surface area contributed by atoms with E-state index < -0.39 is 0 Å². The maximum atomic E-state index is 14.4. The van der Waals surface area contributed by atoms with E-state index in [0.29, 0.717) is 23.3 Å². The van der Waals surface area contributed by atoms with E-state index in [9.17, 15) is 14.4 Å². The van der Waals surface area contributed by atoms with Crippen LogP contribution in [0.3, 0.4) is 0 Å². The molecule has 2 atom stereocenters. The fourth-order valence-electron chi connectivity index (χ4n) is 6.92. The van der Waals surface area contributed by atoms with Gasteiger partial charge in [0.25, 0.3) is 11.8 Å². The Bertz CT molecular complexity index is 2190. The Balaban J connectivity index is 1.42. The Morgan fingerprint density at radius 1 is 0.884 bits per heavy atom. The maximum absolute atomic E-state index is 14.4. The molecule has 8 nitrogen and oxygen atoms in total. The van der Waals surface area contributed by atoms with Gasteiger partial charge >= 0.3 is 5.97 Å². The van der Waals surface area contributed by atoms with Crippen LogP contribution in [0.1, 0.15) is 45.7 Å². The van der Waals surface area contributed by atoms with Crippen LogP contribution in [0.4, 0.5) is 0 Å². The van der Waals surface area contributed by atoms with Crippen molar-refractivity contribution in [2.24, 2.45) is 0 Å². The molecule has 1 unspecified atom stereocenters. The number of nitrogens with one attached hydrogen (secondary N) is 1. The summed E-state index contributed by atoms with van der Waals surface area (Å²) in [6.07, 6.45) is 4.22. The smallest absolute Gasteiger partial charge is 0.303 e. The van der Waals surface area contributed by atoms with Crippen LogP contribution in [-0.4, -0.2) is 45.4 Å². The summed E-state index contributed by atoms with van der Waals surface area (Å²) in [5, 5.41) is 3.28. The summed E-state index contributed by atoms with van der Waals surface area (Å²) in [5.74, 6) is -0.233. The number of rotatable bonds is 5. The third kappa shape index (κ3) is 3.65. The van der Waals surface area contributed by atoms with Crippen molar-refractivity contribution >= 4 is 61.4 Å². The number of imide groups is 1. The molecule has 0 spiro atoms. The van der Waals surface area contributed by atoms with E-state index >= 15 is 0 Å². The van der Waals surface area contributed by atoms with Gasteiger partial charge in [-0.15, -0.1) is 0 Å². The first-order chi connectivity index (χ1) is 20.9. The number of ether oxygens (including phenoxy) is 2. The van der Waals surface area contributed by atoms with Crippen molar-refractivity contribution in [2.75, 3.05) is 7.11 Å². The van der Waals surface area contributed by atoms with Crippen molar-refractivity contribution in [2.45, 2.75) is 32.0 Å². The Labute approximate surface area is 246 Å². The van der Waals surface area contributed by atoms with Crippen LogP contribution in [0.2, 0.25) is 0 Å². The van der Waals surface area contributed by atoms with Gasteiger partial charge < -0.3 is 19.0 Å². The number of allylic oxidation sites excluding steroid dienone is 1. The van der Waals surface area contributed by atoms with Crippen LogP contribution < -0.4 is 4.74 Å². The van der Waals surface area contributed by atoms with Gasteiger partial charge in [0.1, 0.15) is 11.9 Å². The maximum Gasteiger partial charge on any atom is 0.303 e. The first kappa shape index (κ1) is 25.3. The Morgan fingerprint density at radius 3 is 2.33 bits per heavy atom. The van der Waals surface area contributed by atoms with Gasteiger partial charge in [-0.3, -0.25) is 19.3 Å². The lowest BCUT2D eigenvalue weighted by Crippen LogP contribution is -2.29. The summed E-state index contributed by atoms with van der Waals surface area (Å²) < 4.78 is 13.0. The molecule has 2 aliphatic rings. The SMILES string of the molecule is COc1ccc(CN2C(=O)c3c(c4c5ccccc5n(C5C=C[C@H](OC(C)=O)C5)c4c4[nH]c5ccccc5c34)C2=O)cc1. The molecular formula is C35H27N3O5. The molecule has 0 fully saturated rings. The summed E-state index contributed by atoms with van der Waals surface area (Å²) in [6.45, 7) is 1.56. The van der Waals surface area contributed by atoms with Crippen molar-refractivity contribution in [3.63, 3.8) is 0 Å². The van der Waals surface area contributed by atoms with Gasteiger partial charge in [-0.05, 0) is 35.9 Å². The highest BCUT2D eigenvalue weighted by molar-refractivity contribution is 6.39. The van der Waals surface area contributed by atoms with Crippen molar-refractivity contribution in [3.05, 3.63) is 102 Å². The molecule has 8 heteroatoms. The van der Waals surface area contributed by atoms with E-state index in [-0.39, 0.29) is 36.5 Å². The number of esters is 1. The number of hydrogen-bond donors (Lipinski definition) is 1. The first-order valence-electron chi connectivity index (χ1n) is 14.3. The lowest BCUT2D eigenvalue weighted by Gasteiger charge is -2.17. The second-order valence-electron chi connectivity index (χ2n) is 11.2. The zero-order valence-corrected chi connectivity index (χ0v) is 23.6.